The number of fused-ring (bicyclic) bond motifs is 1. The average molecular weight is 414 g/mol. The lowest BCUT2D eigenvalue weighted by atomic mass is 10.1. The number of unbranched alkanes of at least 4 members (excludes halogenated alkanes) is 7. The second-order valence-corrected chi connectivity index (χ2v) is 8.17. The number of rotatable bonds is 12. The van der Waals surface area contributed by atoms with E-state index in [1.165, 1.54) is 16.2 Å². The predicted molar refractivity (Wildman–Crippen MR) is 114 cm³/mol. The Labute approximate surface area is 175 Å². The largest absolute Gasteiger partial charge is 0.302 e. The quantitative estimate of drug-likeness (QED) is 0.397. The minimum atomic E-state index is -0.163. The highest BCUT2D eigenvalue weighted by atomic mass is 32.1. The third-order valence-electron chi connectivity index (χ3n) is 5.09. The van der Waals surface area contributed by atoms with Crippen molar-refractivity contribution in [1.29, 1.82) is 0 Å². The molecule has 0 aliphatic carbocycles. The standard InChI is InChI=1S/C22H27N3O3S/c26-19(24-22-23-14-16-29-22)13-7-5-3-1-2-4-6-10-15-25-20(27)17-11-8-9-12-18(17)21(25)28/h8-9,11-12,14,16H,1-7,10,13,15H2,(H,23,24,26). The molecule has 1 aromatic carbocycles. The molecule has 0 radical (unpaired) electrons. The molecule has 0 atom stereocenters. The van der Waals surface area contributed by atoms with E-state index in [0.29, 0.717) is 29.2 Å². The fourth-order valence-electron chi connectivity index (χ4n) is 3.53. The zero-order valence-electron chi connectivity index (χ0n) is 16.6. The number of anilines is 1. The van der Waals surface area contributed by atoms with Gasteiger partial charge in [-0.05, 0) is 25.0 Å². The van der Waals surface area contributed by atoms with Crippen molar-refractivity contribution in [3.63, 3.8) is 0 Å². The number of imide groups is 1. The monoisotopic (exact) mass is 413 g/mol. The Morgan fingerprint density at radius 1 is 0.897 bits per heavy atom. The summed E-state index contributed by atoms with van der Waals surface area (Å²) in [6.07, 6.45) is 10.6. The third-order valence-corrected chi connectivity index (χ3v) is 5.78. The van der Waals surface area contributed by atoms with E-state index in [-0.39, 0.29) is 17.7 Å². The van der Waals surface area contributed by atoms with Crippen LogP contribution in [0.2, 0.25) is 0 Å². The van der Waals surface area contributed by atoms with Crippen LogP contribution in [0, 0.1) is 0 Å². The van der Waals surface area contributed by atoms with Gasteiger partial charge < -0.3 is 5.32 Å². The molecule has 2 heterocycles. The summed E-state index contributed by atoms with van der Waals surface area (Å²) in [4.78, 5) is 41.7. The minimum Gasteiger partial charge on any atom is -0.302 e. The summed E-state index contributed by atoms with van der Waals surface area (Å²) >= 11 is 1.43. The van der Waals surface area contributed by atoms with Crippen molar-refractivity contribution in [3.8, 4) is 0 Å². The van der Waals surface area contributed by atoms with Gasteiger partial charge in [-0.2, -0.15) is 0 Å². The van der Waals surface area contributed by atoms with Gasteiger partial charge in [0.25, 0.3) is 11.8 Å². The smallest absolute Gasteiger partial charge is 0.261 e. The SMILES string of the molecule is O=C(CCCCCCCCCCN1C(=O)c2ccccc2C1=O)Nc1nccs1. The molecule has 7 heteroatoms. The van der Waals surface area contributed by atoms with Crippen molar-refractivity contribution in [3.05, 3.63) is 47.0 Å². The van der Waals surface area contributed by atoms with E-state index < -0.39 is 0 Å². The van der Waals surface area contributed by atoms with E-state index in [0.717, 1.165) is 51.4 Å². The van der Waals surface area contributed by atoms with Gasteiger partial charge in [-0.1, -0.05) is 50.7 Å². The average Bonchev–Trinajstić information content (AvgIpc) is 3.31. The van der Waals surface area contributed by atoms with Crippen LogP contribution in [-0.4, -0.2) is 34.2 Å². The van der Waals surface area contributed by atoms with Crippen LogP contribution in [0.15, 0.2) is 35.8 Å². The molecule has 3 amide bonds. The summed E-state index contributed by atoms with van der Waals surface area (Å²) in [5.74, 6) is -0.290. The summed E-state index contributed by atoms with van der Waals surface area (Å²) in [7, 11) is 0. The fraction of sp³-hybridized carbons (Fsp3) is 0.455. The molecule has 1 aromatic heterocycles. The number of nitrogens with zero attached hydrogens (tertiary/aromatic N) is 2. The maximum atomic E-state index is 12.3. The molecule has 0 saturated carbocycles. The molecular weight excluding hydrogens is 386 g/mol. The number of carbonyl (C=O) groups is 3. The van der Waals surface area contributed by atoms with Crippen molar-refractivity contribution in [2.45, 2.75) is 57.8 Å². The van der Waals surface area contributed by atoms with Crippen molar-refractivity contribution in [2.24, 2.45) is 0 Å². The van der Waals surface area contributed by atoms with E-state index in [9.17, 15) is 14.4 Å². The first-order valence-corrected chi connectivity index (χ1v) is 11.2. The Morgan fingerprint density at radius 2 is 1.48 bits per heavy atom. The highest BCUT2D eigenvalue weighted by Gasteiger charge is 2.34. The maximum Gasteiger partial charge on any atom is 0.261 e. The first-order chi connectivity index (χ1) is 14.2. The van der Waals surface area contributed by atoms with E-state index in [1.54, 1.807) is 30.5 Å². The highest BCUT2D eigenvalue weighted by Crippen LogP contribution is 2.23. The lowest BCUT2D eigenvalue weighted by molar-refractivity contribution is -0.116. The van der Waals surface area contributed by atoms with Gasteiger partial charge in [0.1, 0.15) is 0 Å². The molecule has 6 nitrogen and oxygen atoms in total. The summed E-state index contributed by atoms with van der Waals surface area (Å²) in [6.45, 7) is 0.501. The summed E-state index contributed by atoms with van der Waals surface area (Å²) in [6, 6.07) is 7.03. The molecule has 0 fully saturated rings. The zero-order valence-corrected chi connectivity index (χ0v) is 17.4. The number of amides is 3. The van der Waals surface area contributed by atoms with Gasteiger partial charge in [-0.3, -0.25) is 19.3 Å². The molecule has 29 heavy (non-hydrogen) atoms. The van der Waals surface area contributed by atoms with Gasteiger partial charge >= 0.3 is 0 Å². The van der Waals surface area contributed by atoms with E-state index in [2.05, 4.69) is 10.3 Å². The van der Waals surface area contributed by atoms with Gasteiger partial charge in [0, 0.05) is 24.5 Å². The van der Waals surface area contributed by atoms with Crippen molar-refractivity contribution in [1.82, 2.24) is 9.88 Å². The number of hydrogen-bond donors (Lipinski definition) is 1. The first-order valence-electron chi connectivity index (χ1n) is 10.3. The van der Waals surface area contributed by atoms with Crippen molar-refractivity contribution >= 4 is 34.2 Å². The first kappa shape index (κ1) is 21.2. The third kappa shape index (κ3) is 5.97. The summed E-state index contributed by atoms with van der Waals surface area (Å²) < 4.78 is 0. The summed E-state index contributed by atoms with van der Waals surface area (Å²) in [5.41, 5.74) is 1.05. The van der Waals surface area contributed by atoms with Crippen LogP contribution in [0.5, 0.6) is 0 Å². The number of hydrogen-bond acceptors (Lipinski definition) is 5. The van der Waals surface area contributed by atoms with Crippen molar-refractivity contribution < 1.29 is 14.4 Å². The highest BCUT2D eigenvalue weighted by molar-refractivity contribution is 7.13. The maximum absolute atomic E-state index is 12.3. The molecule has 1 aliphatic rings. The van der Waals surface area contributed by atoms with Crippen LogP contribution < -0.4 is 5.32 Å². The Balaban J connectivity index is 1.18. The summed E-state index contributed by atoms with van der Waals surface area (Å²) in [5, 5.41) is 5.30. The number of benzene rings is 1. The molecule has 154 valence electrons. The number of carbonyl (C=O) groups excluding carboxylic acids is 3. The second-order valence-electron chi connectivity index (χ2n) is 7.27. The van der Waals surface area contributed by atoms with E-state index in [4.69, 9.17) is 0 Å². The number of aromatic nitrogens is 1. The van der Waals surface area contributed by atoms with Crippen LogP contribution in [0.3, 0.4) is 0 Å². The molecule has 1 aliphatic heterocycles. The minimum absolute atomic E-state index is 0.0353. The van der Waals surface area contributed by atoms with Crippen LogP contribution in [-0.2, 0) is 4.79 Å². The van der Waals surface area contributed by atoms with Crippen LogP contribution in [0.4, 0.5) is 5.13 Å². The lowest BCUT2D eigenvalue weighted by Gasteiger charge is -2.13. The normalized spacial score (nSPS) is 13.0. The Morgan fingerprint density at radius 3 is 2.07 bits per heavy atom. The van der Waals surface area contributed by atoms with Gasteiger partial charge in [0.15, 0.2) is 5.13 Å². The molecule has 0 saturated heterocycles. The molecule has 0 unspecified atom stereocenters. The van der Waals surface area contributed by atoms with E-state index >= 15 is 0 Å². The number of nitrogens with one attached hydrogen (secondary N) is 1. The lowest BCUT2D eigenvalue weighted by Crippen LogP contribution is -2.30. The molecule has 0 spiro atoms. The molecule has 1 N–H and O–H groups in total. The zero-order chi connectivity index (χ0) is 20.5. The molecule has 2 aromatic rings. The Kier molecular flexibility index (Phi) is 7.93. The van der Waals surface area contributed by atoms with Crippen LogP contribution in [0.25, 0.3) is 0 Å². The number of thiazole rings is 1. The van der Waals surface area contributed by atoms with Gasteiger partial charge in [-0.15, -0.1) is 11.3 Å². The fourth-order valence-corrected chi connectivity index (χ4v) is 4.07. The van der Waals surface area contributed by atoms with E-state index in [1.807, 2.05) is 5.38 Å². The molecule has 3 rings (SSSR count). The molecule has 0 bridgehead atoms. The van der Waals surface area contributed by atoms with Gasteiger partial charge in [0.2, 0.25) is 5.91 Å². The second kappa shape index (κ2) is 10.9. The van der Waals surface area contributed by atoms with Gasteiger partial charge in [0.05, 0.1) is 11.1 Å². The molecular formula is C22H27N3O3S. The van der Waals surface area contributed by atoms with Crippen LogP contribution >= 0.6 is 11.3 Å². The van der Waals surface area contributed by atoms with Gasteiger partial charge in [-0.25, -0.2) is 4.98 Å². The Hall–Kier alpha value is -2.54. The predicted octanol–water partition coefficient (Wildman–Crippen LogP) is 4.89. The van der Waals surface area contributed by atoms with Crippen molar-refractivity contribution in [2.75, 3.05) is 11.9 Å². The Bertz CT molecular complexity index is 801. The van der Waals surface area contributed by atoms with Crippen LogP contribution in [0.1, 0.15) is 78.5 Å². The topological polar surface area (TPSA) is 79.4 Å².